The SMILES string of the molecule is Cc1cc(NC(=O)c2c(C)c(C(=O)C(=O)N[C@H]3CCCC3=O)n(C)c2C)ccc1F. The van der Waals surface area contributed by atoms with Crippen LogP contribution in [0, 0.1) is 26.6 Å². The minimum Gasteiger partial charge on any atom is -0.344 e. The van der Waals surface area contributed by atoms with Gasteiger partial charge >= 0.3 is 0 Å². The van der Waals surface area contributed by atoms with E-state index in [2.05, 4.69) is 10.6 Å². The maximum atomic E-state index is 13.5. The van der Waals surface area contributed by atoms with Crippen LogP contribution >= 0.6 is 0 Å². The highest BCUT2D eigenvalue weighted by Gasteiger charge is 2.32. The van der Waals surface area contributed by atoms with Crippen molar-refractivity contribution in [1.29, 1.82) is 0 Å². The van der Waals surface area contributed by atoms with Gasteiger partial charge in [-0.05, 0) is 62.9 Å². The third-order valence-corrected chi connectivity index (χ3v) is 5.60. The van der Waals surface area contributed by atoms with Crippen molar-refractivity contribution in [2.75, 3.05) is 5.32 Å². The maximum absolute atomic E-state index is 13.5. The molecule has 1 aromatic carbocycles. The molecule has 8 heteroatoms. The van der Waals surface area contributed by atoms with Gasteiger partial charge in [-0.2, -0.15) is 0 Å². The van der Waals surface area contributed by atoms with Crippen molar-refractivity contribution in [2.45, 2.75) is 46.1 Å². The summed E-state index contributed by atoms with van der Waals surface area (Å²) in [5.41, 5.74) is 2.06. The summed E-state index contributed by atoms with van der Waals surface area (Å²) in [5.74, 6) is -2.57. The molecular weight excluding hydrogens is 389 g/mol. The number of carbonyl (C=O) groups excluding carboxylic acids is 4. The Bertz CT molecular complexity index is 1070. The quantitative estimate of drug-likeness (QED) is 0.582. The van der Waals surface area contributed by atoms with Crippen LogP contribution in [-0.2, 0) is 16.6 Å². The zero-order valence-electron chi connectivity index (χ0n) is 17.4. The lowest BCUT2D eigenvalue weighted by atomic mass is 10.1. The van der Waals surface area contributed by atoms with E-state index in [1.807, 2.05) is 0 Å². The number of anilines is 1. The number of nitrogens with zero attached hydrogens (tertiary/aromatic N) is 1. The Hall–Kier alpha value is -3.29. The molecule has 2 amide bonds. The summed E-state index contributed by atoms with van der Waals surface area (Å²) in [6.45, 7) is 4.86. The summed E-state index contributed by atoms with van der Waals surface area (Å²) in [6, 6.07) is 3.59. The van der Waals surface area contributed by atoms with Crippen molar-refractivity contribution >= 4 is 29.1 Å². The first-order valence-corrected chi connectivity index (χ1v) is 9.73. The van der Waals surface area contributed by atoms with Crippen molar-refractivity contribution in [3.63, 3.8) is 0 Å². The van der Waals surface area contributed by atoms with Crippen LogP contribution in [0.1, 0.15) is 56.9 Å². The predicted octanol–water partition coefficient (Wildman–Crippen LogP) is 2.76. The van der Waals surface area contributed by atoms with Crippen LogP contribution < -0.4 is 10.6 Å². The van der Waals surface area contributed by atoms with E-state index >= 15 is 0 Å². The molecule has 1 aliphatic rings. The predicted molar refractivity (Wildman–Crippen MR) is 109 cm³/mol. The normalized spacial score (nSPS) is 15.9. The number of hydrogen-bond donors (Lipinski definition) is 2. The molecule has 0 saturated heterocycles. The van der Waals surface area contributed by atoms with Crippen molar-refractivity contribution in [2.24, 2.45) is 7.05 Å². The Kier molecular flexibility index (Phi) is 5.87. The van der Waals surface area contributed by atoms with E-state index in [0.717, 1.165) is 0 Å². The number of carbonyl (C=O) groups is 4. The number of Topliss-reactive ketones (excluding diaryl/α,β-unsaturated/α-hetero) is 2. The fourth-order valence-corrected chi connectivity index (χ4v) is 3.85. The van der Waals surface area contributed by atoms with Gasteiger partial charge in [-0.25, -0.2) is 4.39 Å². The van der Waals surface area contributed by atoms with Crippen LogP contribution in [0.2, 0.25) is 0 Å². The van der Waals surface area contributed by atoms with E-state index < -0.39 is 23.6 Å². The number of amides is 2. The first-order valence-electron chi connectivity index (χ1n) is 9.73. The second-order valence-electron chi connectivity index (χ2n) is 7.62. The van der Waals surface area contributed by atoms with E-state index in [1.54, 1.807) is 27.8 Å². The Labute approximate surface area is 173 Å². The summed E-state index contributed by atoms with van der Waals surface area (Å²) >= 11 is 0. The third kappa shape index (κ3) is 3.90. The summed E-state index contributed by atoms with van der Waals surface area (Å²) in [6.07, 6.45) is 1.61. The van der Waals surface area contributed by atoms with Crippen LogP contribution in [0.5, 0.6) is 0 Å². The average molecular weight is 413 g/mol. The number of benzene rings is 1. The van der Waals surface area contributed by atoms with Crippen molar-refractivity contribution in [3.8, 4) is 0 Å². The van der Waals surface area contributed by atoms with Gasteiger partial charge in [0.15, 0.2) is 5.78 Å². The van der Waals surface area contributed by atoms with Crippen molar-refractivity contribution in [1.82, 2.24) is 9.88 Å². The van der Waals surface area contributed by atoms with Gasteiger partial charge in [-0.3, -0.25) is 19.2 Å². The molecule has 0 unspecified atom stereocenters. The van der Waals surface area contributed by atoms with Gasteiger partial charge in [0.1, 0.15) is 5.82 Å². The largest absolute Gasteiger partial charge is 0.344 e. The van der Waals surface area contributed by atoms with Gasteiger partial charge in [-0.15, -0.1) is 0 Å². The summed E-state index contributed by atoms with van der Waals surface area (Å²) in [5, 5.41) is 5.21. The molecule has 0 radical (unpaired) electrons. The lowest BCUT2D eigenvalue weighted by Crippen LogP contribution is -2.42. The molecule has 2 aromatic rings. The highest BCUT2D eigenvalue weighted by Crippen LogP contribution is 2.24. The van der Waals surface area contributed by atoms with Crippen molar-refractivity contribution < 1.29 is 23.6 Å². The van der Waals surface area contributed by atoms with E-state index in [-0.39, 0.29) is 22.9 Å². The molecule has 1 aromatic heterocycles. The molecule has 1 saturated carbocycles. The van der Waals surface area contributed by atoms with E-state index in [0.29, 0.717) is 41.8 Å². The Morgan fingerprint density at radius 2 is 1.87 bits per heavy atom. The second kappa shape index (κ2) is 8.22. The molecule has 1 atom stereocenters. The van der Waals surface area contributed by atoms with E-state index in [1.165, 1.54) is 22.8 Å². The number of halogens is 1. The van der Waals surface area contributed by atoms with Crippen LogP contribution in [0.4, 0.5) is 10.1 Å². The Morgan fingerprint density at radius 1 is 1.17 bits per heavy atom. The zero-order valence-corrected chi connectivity index (χ0v) is 17.4. The molecule has 158 valence electrons. The lowest BCUT2D eigenvalue weighted by Gasteiger charge is -2.11. The lowest BCUT2D eigenvalue weighted by molar-refractivity contribution is -0.124. The van der Waals surface area contributed by atoms with Crippen LogP contribution in [0.3, 0.4) is 0 Å². The van der Waals surface area contributed by atoms with Gasteiger partial charge < -0.3 is 15.2 Å². The molecule has 0 aliphatic heterocycles. The average Bonchev–Trinajstić information content (AvgIpc) is 3.18. The molecule has 0 spiro atoms. The third-order valence-electron chi connectivity index (χ3n) is 5.60. The number of rotatable bonds is 5. The smallest absolute Gasteiger partial charge is 0.294 e. The van der Waals surface area contributed by atoms with Gasteiger partial charge in [0.05, 0.1) is 17.3 Å². The van der Waals surface area contributed by atoms with Gasteiger partial charge in [0, 0.05) is 24.8 Å². The summed E-state index contributed by atoms with van der Waals surface area (Å²) in [4.78, 5) is 49.8. The number of aromatic nitrogens is 1. The zero-order chi connectivity index (χ0) is 22.2. The standard InChI is InChI=1S/C22H24FN3O4/c1-11-10-14(8-9-15(11)23)24-21(29)18-12(2)19(26(4)13(18)3)20(28)22(30)25-16-6-5-7-17(16)27/h8-10,16H,5-7H2,1-4H3,(H,24,29)(H,25,30)/t16-/m0/s1. The Balaban J connectivity index is 1.85. The number of ketones is 2. The topological polar surface area (TPSA) is 97.3 Å². The molecule has 0 bridgehead atoms. The molecule has 7 nitrogen and oxygen atoms in total. The molecular formula is C22H24FN3O4. The minimum absolute atomic E-state index is 0.0782. The monoisotopic (exact) mass is 413 g/mol. The first kappa shape index (κ1) is 21.4. The fraction of sp³-hybridized carbons (Fsp3) is 0.364. The van der Waals surface area contributed by atoms with Crippen LogP contribution in [-0.4, -0.2) is 34.0 Å². The second-order valence-corrected chi connectivity index (χ2v) is 7.62. The van der Waals surface area contributed by atoms with Crippen molar-refractivity contribution in [3.05, 3.63) is 52.1 Å². The molecule has 2 N–H and O–H groups in total. The van der Waals surface area contributed by atoms with Crippen LogP contribution in [0.15, 0.2) is 18.2 Å². The van der Waals surface area contributed by atoms with Gasteiger partial charge in [-0.1, -0.05) is 0 Å². The molecule has 1 fully saturated rings. The first-order chi connectivity index (χ1) is 14.1. The van der Waals surface area contributed by atoms with Gasteiger partial charge in [0.2, 0.25) is 0 Å². The maximum Gasteiger partial charge on any atom is 0.294 e. The number of nitrogens with one attached hydrogen (secondary N) is 2. The van der Waals surface area contributed by atoms with E-state index in [9.17, 15) is 23.6 Å². The summed E-state index contributed by atoms with van der Waals surface area (Å²) in [7, 11) is 1.60. The number of aryl methyl sites for hydroxylation is 1. The summed E-state index contributed by atoms with van der Waals surface area (Å²) < 4.78 is 15.0. The molecule has 1 aliphatic carbocycles. The highest BCUT2D eigenvalue weighted by molar-refractivity contribution is 6.43. The highest BCUT2D eigenvalue weighted by atomic mass is 19.1. The van der Waals surface area contributed by atoms with E-state index in [4.69, 9.17) is 0 Å². The molecule has 30 heavy (non-hydrogen) atoms. The Morgan fingerprint density at radius 3 is 2.47 bits per heavy atom. The molecule has 1 heterocycles. The fourth-order valence-electron chi connectivity index (χ4n) is 3.85. The molecule has 3 rings (SSSR count). The minimum atomic E-state index is -0.861. The van der Waals surface area contributed by atoms with Gasteiger partial charge in [0.25, 0.3) is 17.6 Å². The van der Waals surface area contributed by atoms with Crippen LogP contribution in [0.25, 0.3) is 0 Å². The number of hydrogen-bond acceptors (Lipinski definition) is 4.